The molecule has 0 aliphatic heterocycles. The van der Waals surface area contributed by atoms with Crippen molar-refractivity contribution in [3.05, 3.63) is 39.9 Å². The van der Waals surface area contributed by atoms with Gasteiger partial charge in [-0.1, -0.05) is 12.1 Å². The Kier molecular flexibility index (Phi) is 10.1. The molecule has 2 N–H and O–H groups in total. The van der Waals surface area contributed by atoms with Crippen molar-refractivity contribution in [1.29, 1.82) is 0 Å². The van der Waals surface area contributed by atoms with Gasteiger partial charge < -0.3 is 15.4 Å². The quantitative estimate of drug-likeness (QED) is 0.401. The zero-order valence-corrected chi connectivity index (χ0v) is 12.6. The molecule has 1 rings (SSSR count). The molecule has 0 bridgehead atoms. The van der Waals surface area contributed by atoms with Crippen LogP contribution in [0.2, 0.25) is 0 Å². The number of benzene rings is 1. The van der Waals surface area contributed by atoms with Crippen molar-refractivity contribution in [2.45, 2.75) is 6.42 Å². The van der Waals surface area contributed by atoms with Gasteiger partial charge in [0.15, 0.2) is 0 Å². The Morgan fingerprint density at radius 1 is 1.24 bits per heavy atom. The van der Waals surface area contributed by atoms with Crippen LogP contribution in [0.25, 0.3) is 0 Å². The summed E-state index contributed by atoms with van der Waals surface area (Å²) in [5.74, 6) is -0.104. The van der Waals surface area contributed by atoms with Crippen molar-refractivity contribution in [2.24, 2.45) is 0 Å². The molecule has 0 saturated carbocycles. The maximum atomic E-state index is 11.6. The Bertz CT molecular complexity index is 440. The summed E-state index contributed by atoms with van der Waals surface area (Å²) in [4.78, 5) is 21.7. The second kappa shape index (κ2) is 11.0. The smallest absolute Gasteiger partial charge is 0.269 e. The Morgan fingerprint density at radius 3 is 2.48 bits per heavy atom. The fraction of sp³-hybridized carbons (Fsp3) is 0.462. The first-order valence-electron chi connectivity index (χ1n) is 6.33. The highest BCUT2D eigenvalue weighted by Gasteiger charge is 2.06. The van der Waals surface area contributed by atoms with Crippen LogP contribution in [0.15, 0.2) is 24.3 Å². The molecule has 7 nitrogen and oxygen atoms in total. The van der Waals surface area contributed by atoms with Gasteiger partial charge in [-0.05, 0) is 5.56 Å². The van der Waals surface area contributed by atoms with Gasteiger partial charge in [0.2, 0.25) is 5.91 Å². The van der Waals surface area contributed by atoms with E-state index in [9.17, 15) is 14.9 Å². The molecular weight excluding hydrogens is 298 g/mol. The standard InChI is InChI=1S/C13H19N3O4.ClH/c1-20-9-8-14-6-7-15-13(17)10-11-2-4-12(5-3-11)16(18)19;/h2-5,14H,6-10H2,1H3,(H,15,17);1H. The van der Waals surface area contributed by atoms with E-state index in [4.69, 9.17) is 4.74 Å². The number of nitro benzene ring substituents is 1. The van der Waals surface area contributed by atoms with E-state index in [2.05, 4.69) is 10.6 Å². The number of nitro groups is 1. The van der Waals surface area contributed by atoms with Gasteiger partial charge in [-0.2, -0.15) is 0 Å². The highest BCUT2D eigenvalue weighted by atomic mass is 35.5. The molecule has 21 heavy (non-hydrogen) atoms. The van der Waals surface area contributed by atoms with Crippen molar-refractivity contribution in [1.82, 2.24) is 10.6 Å². The SMILES string of the molecule is COCCNCCNC(=O)Cc1ccc([N+](=O)[O-])cc1.Cl. The lowest BCUT2D eigenvalue weighted by molar-refractivity contribution is -0.384. The summed E-state index contributed by atoms with van der Waals surface area (Å²) in [5, 5.41) is 16.4. The number of halogens is 1. The normalized spacial score (nSPS) is 9.76. The van der Waals surface area contributed by atoms with E-state index < -0.39 is 4.92 Å². The van der Waals surface area contributed by atoms with Gasteiger partial charge in [-0.25, -0.2) is 0 Å². The van der Waals surface area contributed by atoms with Crippen LogP contribution in [0.1, 0.15) is 5.56 Å². The summed E-state index contributed by atoms with van der Waals surface area (Å²) in [6, 6.07) is 5.98. The average molecular weight is 318 g/mol. The number of ether oxygens (including phenoxy) is 1. The van der Waals surface area contributed by atoms with Crippen LogP contribution in [0.3, 0.4) is 0 Å². The number of nitrogens with one attached hydrogen (secondary N) is 2. The van der Waals surface area contributed by atoms with Gasteiger partial charge in [0, 0.05) is 38.9 Å². The van der Waals surface area contributed by atoms with Crippen LogP contribution < -0.4 is 10.6 Å². The molecule has 1 aromatic carbocycles. The Hall–Kier alpha value is -1.70. The molecule has 118 valence electrons. The minimum absolute atomic E-state index is 0. The predicted molar refractivity (Wildman–Crippen MR) is 81.8 cm³/mol. The molecule has 0 aliphatic rings. The van der Waals surface area contributed by atoms with Gasteiger partial charge in [0.1, 0.15) is 0 Å². The fourth-order valence-electron chi connectivity index (χ4n) is 1.57. The van der Waals surface area contributed by atoms with Crippen LogP contribution in [0.5, 0.6) is 0 Å². The molecule has 0 heterocycles. The van der Waals surface area contributed by atoms with Crippen molar-refractivity contribution in [3.8, 4) is 0 Å². The van der Waals surface area contributed by atoms with Gasteiger partial charge in [0.05, 0.1) is 18.0 Å². The van der Waals surface area contributed by atoms with Crippen LogP contribution in [-0.4, -0.2) is 44.2 Å². The molecule has 0 aliphatic carbocycles. The molecular formula is C13H20ClN3O4. The van der Waals surface area contributed by atoms with Crippen LogP contribution in [0.4, 0.5) is 5.69 Å². The summed E-state index contributed by atoms with van der Waals surface area (Å²) < 4.78 is 4.88. The molecule has 0 radical (unpaired) electrons. The van der Waals surface area contributed by atoms with Crippen molar-refractivity contribution in [2.75, 3.05) is 33.4 Å². The zero-order valence-electron chi connectivity index (χ0n) is 11.8. The first-order valence-corrected chi connectivity index (χ1v) is 6.33. The van der Waals surface area contributed by atoms with Crippen LogP contribution in [0, 0.1) is 10.1 Å². The average Bonchev–Trinajstić information content (AvgIpc) is 2.43. The van der Waals surface area contributed by atoms with Crippen molar-refractivity contribution >= 4 is 24.0 Å². The second-order valence-corrected chi connectivity index (χ2v) is 4.19. The number of rotatable bonds is 9. The number of non-ortho nitro benzene ring substituents is 1. The first kappa shape index (κ1) is 19.3. The van der Waals surface area contributed by atoms with Crippen LogP contribution >= 0.6 is 12.4 Å². The summed E-state index contributed by atoms with van der Waals surface area (Å²) >= 11 is 0. The van der Waals surface area contributed by atoms with Gasteiger partial charge in [-0.15, -0.1) is 12.4 Å². The third kappa shape index (κ3) is 8.23. The third-order valence-corrected chi connectivity index (χ3v) is 2.62. The molecule has 0 spiro atoms. The third-order valence-electron chi connectivity index (χ3n) is 2.62. The summed E-state index contributed by atoms with van der Waals surface area (Å²) in [5.41, 5.74) is 0.775. The van der Waals surface area contributed by atoms with E-state index in [1.54, 1.807) is 19.2 Å². The van der Waals surface area contributed by atoms with Gasteiger partial charge in [-0.3, -0.25) is 14.9 Å². The lowest BCUT2D eigenvalue weighted by Crippen LogP contribution is -2.33. The molecule has 0 atom stereocenters. The lowest BCUT2D eigenvalue weighted by atomic mass is 10.1. The van der Waals surface area contributed by atoms with Crippen LogP contribution in [-0.2, 0) is 16.0 Å². The topological polar surface area (TPSA) is 93.5 Å². The minimum Gasteiger partial charge on any atom is -0.383 e. The van der Waals surface area contributed by atoms with E-state index in [1.807, 2.05) is 0 Å². The van der Waals surface area contributed by atoms with E-state index >= 15 is 0 Å². The number of hydrogen-bond acceptors (Lipinski definition) is 5. The van der Waals surface area contributed by atoms with E-state index in [0.29, 0.717) is 19.7 Å². The number of hydrogen-bond donors (Lipinski definition) is 2. The molecule has 0 unspecified atom stereocenters. The summed E-state index contributed by atoms with van der Waals surface area (Å²) in [7, 11) is 1.63. The molecule has 8 heteroatoms. The van der Waals surface area contributed by atoms with Crippen molar-refractivity contribution in [3.63, 3.8) is 0 Å². The van der Waals surface area contributed by atoms with Crippen molar-refractivity contribution < 1.29 is 14.5 Å². The van der Waals surface area contributed by atoms with Gasteiger partial charge in [0.25, 0.3) is 5.69 Å². The summed E-state index contributed by atoms with van der Waals surface area (Å²) in [6.45, 7) is 2.59. The number of carbonyl (C=O) groups is 1. The number of carbonyl (C=O) groups excluding carboxylic acids is 1. The number of methoxy groups -OCH3 is 1. The maximum absolute atomic E-state index is 11.6. The molecule has 1 amide bonds. The monoisotopic (exact) mass is 317 g/mol. The van der Waals surface area contributed by atoms with E-state index in [0.717, 1.165) is 12.1 Å². The van der Waals surface area contributed by atoms with E-state index in [1.165, 1.54) is 12.1 Å². The fourth-order valence-corrected chi connectivity index (χ4v) is 1.57. The van der Waals surface area contributed by atoms with Gasteiger partial charge >= 0.3 is 0 Å². The number of amides is 1. The predicted octanol–water partition coefficient (Wildman–Crippen LogP) is 0.911. The Labute approximate surface area is 129 Å². The highest BCUT2D eigenvalue weighted by molar-refractivity contribution is 5.85. The Balaban J connectivity index is 0.00000400. The largest absolute Gasteiger partial charge is 0.383 e. The van der Waals surface area contributed by atoms with E-state index in [-0.39, 0.29) is 30.4 Å². The second-order valence-electron chi connectivity index (χ2n) is 4.19. The molecule has 0 aromatic heterocycles. The number of nitrogens with zero attached hydrogens (tertiary/aromatic N) is 1. The zero-order chi connectivity index (χ0) is 14.8. The first-order chi connectivity index (χ1) is 9.63. The molecule has 0 fully saturated rings. The maximum Gasteiger partial charge on any atom is 0.269 e. The highest BCUT2D eigenvalue weighted by Crippen LogP contribution is 2.12. The summed E-state index contributed by atoms with van der Waals surface area (Å²) in [6.07, 6.45) is 0.218. The minimum atomic E-state index is -0.463. The molecule has 1 aromatic rings. The lowest BCUT2D eigenvalue weighted by Gasteiger charge is -2.06. The Morgan fingerprint density at radius 2 is 1.90 bits per heavy atom. The molecule has 0 saturated heterocycles.